The second-order valence-corrected chi connectivity index (χ2v) is 3.91. The minimum absolute atomic E-state index is 0.348. The first-order valence-corrected chi connectivity index (χ1v) is 5.81. The van der Waals surface area contributed by atoms with Crippen molar-refractivity contribution in [3.05, 3.63) is 47.2 Å². The summed E-state index contributed by atoms with van der Waals surface area (Å²) in [5.74, 6) is 0.408. The minimum atomic E-state index is -0.368. The maximum Gasteiger partial charge on any atom is 0.342 e. The number of carbonyl (C=O) groups is 1. The van der Waals surface area contributed by atoms with Gasteiger partial charge in [0, 0.05) is 6.42 Å². The van der Waals surface area contributed by atoms with Crippen LogP contribution >= 0.6 is 0 Å². The molecule has 0 aromatic heterocycles. The average Bonchev–Trinajstić information content (AvgIpc) is 2.35. The summed E-state index contributed by atoms with van der Waals surface area (Å²) in [4.78, 5) is 11.6. The van der Waals surface area contributed by atoms with Crippen LogP contribution in [0.4, 0.5) is 0 Å². The Kier molecular flexibility index (Phi) is 5.22. The van der Waals surface area contributed by atoms with E-state index in [9.17, 15) is 4.79 Å². The van der Waals surface area contributed by atoms with Gasteiger partial charge in [0.25, 0.3) is 0 Å². The summed E-state index contributed by atoms with van der Waals surface area (Å²) >= 11 is 0. The van der Waals surface area contributed by atoms with Gasteiger partial charge in [-0.1, -0.05) is 12.6 Å². The van der Waals surface area contributed by atoms with Gasteiger partial charge in [-0.05, 0) is 37.1 Å². The molecule has 0 amide bonds. The molecule has 0 heterocycles. The Morgan fingerprint density at radius 1 is 1.39 bits per heavy atom. The fraction of sp³-hybridized carbons (Fsp3) is 0.333. The van der Waals surface area contributed by atoms with Crippen molar-refractivity contribution in [1.29, 1.82) is 0 Å². The van der Waals surface area contributed by atoms with Crippen LogP contribution in [-0.2, 0) is 16.0 Å². The monoisotopic (exact) mass is 246 g/mol. The number of ether oxygens (including phenoxy) is 2. The van der Waals surface area contributed by atoms with Crippen molar-refractivity contribution in [1.82, 2.24) is 0 Å². The summed E-state index contributed by atoms with van der Waals surface area (Å²) in [6.07, 6.45) is 0.445. The molecule has 1 aromatic carbocycles. The number of methoxy groups -OCH3 is 1. The van der Waals surface area contributed by atoms with Crippen molar-refractivity contribution in [2.75, 3.05) is 13.7 Å². The highest BCUT2D eigenvalue weighted by Gasteiger charge is 2.11. The largest absolute Gasteiger partial charge is 0.497 e. The molecule has 96 valence electrons. The smallest absolute Gasteiger partial charge is 0.342 e. The van der Waals surface area contributed by atoms with E-state index in [1.165, 1.54) is 0 Å². The molecule has 1 rings (SSSR count). The van der Waals surface area contributed by atoms with Gasteiger partial charge in [-0.2, -0.15) is 0 Å². The Morgan fingerprint density at radius 3 is 2.67 bits per heavy atom. The molecule has 18 heavy (non-hydrogen) atoms. The number of esters is 1. The fourth-order valence-electron chi connectivity index (χ4n) is 1.67. The molecule has 0 N–H and O–H groups in total. The third kappa shape index (κ3) is 3.79. The number of hydrogen-bond donors (Lipinski definition) is 0. The molecule has 0 saturated carbocycles. The van der Waals surface area contributed by atoms with Gasteiger partial charge in [0.1, 0.15) is 5.75 Å². The highest BCUT2D eigenvalue weighted by atomic mass is 16.5. The van der Waals surface area contributed by atoms with Crippen molar-refractivity contribution in [3.63, 3.8) is 0 Å². The molecule has 0 bridgehead atoms. The molecule has 0 aliphatic carbocycles. The van der Waals surface area contributed by atoms with Crippen molar-refractivity contribution in [2.24, 2.45) is 0 Å². The van der Waals surface area contributed by atoms with Gasteiger partial charge in [-0.3, -0.25) is 0 Å². The molecule has 0 radical (unpaired) electrons. The van der Waals surface area contributed by atoms with E-state index in [1.54, 1.807) is 14.0 Å². The number of hydrogen-bond acceptors (Lipinski definition) is 3. The molecule has 0 atom stereocenters. The normalized spacial score (nSPS) is 9.50. The maximum absolute atomic E-state index is 11.6. The first-order chi connectivity index (χ1) is 8.60. The third-order valence-corrected chi connectivity index (χ3v) is 2.46. The second kappa shape index (κ2) is 6.67. The predicted octanol–water partition coefficient (Wildman–Crippen LogP) is 2.82. The van der Waals surface area contributed by atoms with Crippen LogP contribution in [0.2, 0.25) is 0 Å². The molecule has 3 nitrogen and oxygen atoms in total. The summed E-state index contributed by atoms with van der Waals surface area (Å²) in [7, 11) is 1.62. The zero-order chi connectivity index (χ0) is 13.5. The van der Waals surface area contributed by atoms with E-state index in [4.69, 9.17) is 9.47 Å². The van der Waals surface area contributed by atoms with Crippen molar-refractivity contribution in [3.8, 4) is 5.75 Å². The topological polar surface area (TPSA) is 35.5 Å². The Morgan fingerprint density at radius 2 is 2.11 bits per heavy atom. The fourth-order valence-corrected chi connectivity index (χ4v) is 1.67. The van der Waals surface area contributed by atoms with E-state index in [1.807, 2.05) is 25.1 Å². The van der Waals surface area contributed by atoms with Gasteiger partial charge in [-0.15, -0.1) is 5.73 Å². The van der Waals surface area contributed by atoms with Crippen LogP contribution in [-0.4, -0.2) is 19.7 Å². The van der Waals surface area contributed by atoms with Gasteiger partial charge in [0.05, 0.1) is 19.3 Å². The summed E-state index contributed by atoms with van der Waals surface area (Å²) in [5, 5.41) is 0. The molecule has 3 heteroatoms. The molecular formula is C15H18O3. The van der Waals surface area contributed by atoms with E-state index < -0.39 is 0 Å². The molecule has 1 aromatic rings. The van der Waals surface area contributed by atoms with Crippen LogP contribution in [0.15, 0.2) is 36.1 Å². The first-order valence-electron chi connectivity index (χ1n) is 5.81. The molecule has 0 fully saturated rings. The predicted molar refractivity (Wildman–Crippen MR) is 70.7 cm³/mol. The standard InChI is InChI=1S/C15H18O3/c1-5-13(15(16)18-6-2)9-12-7-11(3)8-14(10-12)17-4/h7-8,10H,1,6,9H2,2-4H3. The van der Waals surface area contributed by atoms with Crippen LogP contribution in [0.1, 0.15) is 18.1 Å². The van der Waals surface area contributed by atoms with E-state index in [2.05, 4.69) is 12.3 Å². The summed E-state index contributed by atoms with van der Waals surface area (Å²) in [5.41, 5.74) is 5.14. The number of carbonyl (C=O) groups excluding carboxylic acids is 1. The summed E-state index contributed by atoms with van der Waals surface area (Å²) in [6, 6.07) is 5.83. The van der Waals surface area contributed by atoms with Crippen LogP contribution in [0.3, 0.4) is 0 Å². The first kappa shape index (κ1) is 14.1. The maximum atomic E-state index is 11.6. The van der Waals surface area contributed by atoms with Gasteiger partial charge in [0.15, 0.2) is 0 Å². The van der Waals surface area contributed by atoms with Gasteiger partial charge < -0.3 is 9.47 Å². The third-order valence-electron chi connectivity index (χ3n) is 2.46. The molecule has 0 aliphatic heterocycles. The zero-order valence-corrected chi connectivity index (χ0v) is 11.1. The minimum Gasteiger partial charge on any atom is -0.497 e. The second-order valence-electron chi connectivity index (χ2n) is 3.91. The van der Waals surface area contributed by atoms with E-state index in [0.29, 0.717) is 18.6 Å². The highest BCUT2D eigenvalue weighted by Crippen LogP contribution is 2.19. The van der Waals surface area contributed by atoms with E-state index in [0.717, 1.165) is 16.9 Å². The van der Waals surface area contributed by atoms with Crippen LogP contribution in [0.5, 0.6) is 5.75 Å². The Hall–Kier alpha value is -1.99. The summed E-state index contributed by atoms with van der Waals surface area (Å²) in [6.45, 7) is 7.63. The lowest BCUT2D eigenvalue weighted by molar-refractivity contribution is -0.138. The van der Waals surface area contributed by atoms with Gasteiger partial charge in [0.2, 0.25) is 0 Å². The SMILES string of the molecule is C=C=C(Cc1cc(C)cc(OC)c1)C(=O)OCC. The number of benzene rings is 1. The van der Waals surface area contributed by atoms with Crippen molar-refractivity contribution in [2.45, 2.75) is 20.3 Å². The average molecular weight is 246 g/mol. The van der Waals surface area contributed by atoms with Crippen LogP contribution in [0.25, 0.3) is 0 Å². The van der Waals surface area contributed by atoms with Crippen molar-refractivity contribution < 1.29 is 14.3 Å². The lowest BCUT2D eigenvalue weighted by Crippen LogP contribution is -2.09. The molecule has 0 spiro atoms. The molecule has 0 aliphatic rings. The van der Waals surface area contributed by atoms with Gasteiger partial charge >= 0.3 is 5.97 Å². The van der Waals surface area contributed by atoms with Crippen molar-refractivity contribution >= 4 is 5.97 Å². The lowest BCUT2D eigenvalue weighted by Gasteiger charge is -2.08. The van der Waals surface area contributed by atoms with E-state index in [-0.39, 0.29) is 5.97 Å². The number of rotatable bonds is 5. The van der Waals surface area contributed by atoms with Crippen LogP contribution < -0.4 is 4.74 Å². The number of aryl methyl sites for hydroxylation is 1. The zero-order valence-electron chi connectivity index (χ0n) is 11.1. The Balaban J connectivity index is 2.92. The summed E-state index contributed by atoms with van der Waals surface area (Å²) < 4.78 is 10.1. The molecule has 0 saturated heterocycles. The molecule has 0 unspecified atom stereocenters. The lowest BCUT2D eigenvalue weighted by atomic mass is 10.0. The van der Waals surface area contributed by atoms with E-state index >= 15 is 0 Å². The quantitative estimate of drug-likeness (QED) is 0.455. The van der Waals surface area contributed by atoms with Crippen LogP contribution in [0, 0.1) is 6.92 Å². The Labute approximate surface area is 108 Å². The highest BCUT2D eigenvalue weighted by molar-refractivity contribution is 5.88. The molecular weight excluding hydrogens is 228 g/mol. The Bertz CT molecular complexity index is 483. The van der Waals surface area contributed by atoms with Gasteiger partial charge in [-0.25, -0.2) is 4.79 Å².